The first-order chi connectivity index (χ1) is 17.3. The van der Waals surface area contributed by atoms with Crippen LogP contribution < -0.4 is 20.9 Å². The van der Waals surface area contributed by atoms with Crippen LogP contribution in [0.3, 0.4) is 0 Å². The Morgan fingerprint density at radius 3 is 2.57 bits per heavy atom. The van der Waals surface area contributed by atoms with Crippen LogP contribution in [-0.4, -0.2) is 56.5 Å². The van der Waals surface area contributed by atoms with E-state index in [0.29, 0.717) is 10.8 Å². The Morgan fingerprint density at radius 1 is 1.32 bits per heavy atom. The number of para-hydroxylation sites is 1. The predicted octanol–water partition coefficient (Wildman–Crippen LogP) is 2.06. The van der Waals surface area contributed by atoms with E-state index in [0.717, 1.165) is 0 Å². The fourth-order valence-electron chi connectivity index (χ4n) is 3.63. The van der Waals surface area contributed by atoms with Gasteiger partial charge in [0.25, 0.3) is 5.56 Å². The topological polar surface area (TPSA) is 158 Å². The molecule has 1 aliphatic heterocycles. The first kappa shape index (κ1) is 29.0. The molecule has 1 saturated heterocycles. The van der Waals surface area contributed by atoms with Crippen LogP contribution in [0.15, 0.2) is 46.1 Å². The number of esters is 1. The average Bonchev–Trinajstić information content (AvgIpc) is 3.05. The van der Waals surface area contributed by atoms with Crippen molar-refractivity contribution in [2.75, 3.05) is 6.61 Å². The second kappa shape index (κ2) is 11.5. The number of alkyl halides is 1. The van der Waals surface area contributed by atoms with Gasteiger partial charge < -0.3 is 19.1 Å². The Hall–Kier alpha value is -2.54. The molecule has 2 aromatic rings. The van der Waals surface area contributed by atoms with Gasteiger partial charge in [0, 0.05) is 0 Å². The van der Waals surface area contributed by atoms with Gasteiger partial charge in [-0.3, -0.25) is 23.7 Å². The minimum Gasteiger partial charge on any atom is -0.462 e. The van der Waals surface area contributed by atoms with Crippen LogP contribution >= 0.6 is 19.3 Å². The molecule has 204 valence electrons. The summed E-state index contributed by atoms with van der Waals surface area (Å²) in [5, 5.41) is 12.5. The molecule has 2 heterocycles. The molecule has 0 bridgehead atoms. The quantitative estimate of drug-likeness (QED) is 0.222. The van der Waals surface area contributed by atoms with Gasteiger partial charge in [-0.05, 0) is 39.8 Å². The number of halogens is 2. The maximum absolute atomic E-state index is 14.0. The van der Waals surface area contributed by atoms with E-state index in [2.05, 4.69) is 5.09 Å². The van der Waals surface area contributed by atoms with Crippen molar-refractivity contribution in [3.05, 3.63) is 63.2 Å². The van der Waals surface area contributed by atoms with Gasteiger partial charge in [-0.2, -0.15) is 9.48 Å². The van der Waals surface area contributed by atoms with Gasteiger partial charge in [0.1, 0.15) is 28.9 Å². The van der Waals surface area contributed by atoms with Crippen LogP contribution in [0.25, 0.3) is 0 Å². The lowest BCUT2D eigenvalue weighted by atomic mass is 10.0. The number of carbonyl (C=O) groups excluding carboxylic acids is 1. The van der Waals surface area contributed by atoms with E-state index in [1.807, 2.05) is 0 Å². The van der Waals surface area contributed by atoms with Crippen molar-refractivity contribution < 1.29 is 37.4 Å². The zero-order valence-electron chi connectivity index (χ0n) is 20.4. The minimum absolute atomic E-state index is 0.119. The van der Waals surface area contributed by atoms with Crippen molar-refractivity contribution in [1.82, 2.24) is 14.6 Å². The zero-order chi connectivity index (χ0) is 27.5. The number of hydrogen-bond donors (Lipinski definition) is 3. The van der Waals surface area contributed by atoms with Crippen LogP contribution in [0.1, 0.15) is 33.9 Å². The number of carbonyl (C=O) groups is 1. The summed E-state index contributed by atoms with van der Waals surface area (Å²) in [6.07, 6.45) is -4.02. The van der Waals surface area contributed by atoms with E-state index in [4.69, 9.17) is 30.1 Å². The first-order valence-electron chi connectivity index (χ1n) is 11.2. The molecule has 1 aromatic heterocycles. The molecule has 6 atom stereocenters. The Kier molecular flexibility index (Phi) is 8.99. The third kappa shape index (κ3) is 6.67. The molecule has 0 radical (unpaired) electrons. The van der Waals surface area contributed by atoms with E-state index < -0.39 is 72.8 Å². The number of H-pyrrole nitrogens is 1. The highest BCUT2D eigenvalue weighted by molar-refractivity contribution is 7.52. The summed E-state index contributed by atoms with van der Waals surface area (Å²) in [5.74, 6) is -1.90. The van der Waals surface area contributed by atoms with Gasteiger partial charge in [0.2, 0.25) is 5.82 Å². The number of aromatic amines is 1. The van der Waals surface area contributed by atoms with E-state index in [1.165, 1.54) is 26.0 Å². The third-order valence-corrected chi connectivity index (χ3v) is 7.38. The van der Waals surface area contributed by atoms with E-state index in [1.54, 1.807) is 37.0 Å². The van der Waals surface area contributed by atoms with Gasteiger partial charge in [0.15, 0.2) is 6.23 Å². The largest absolute Gasteiger partial charge is 0.462 e. The van der Waals surface area contributed by atoms with E-state index >= 15 is 0 Å². The normalized spacial score (nSPS) is 26.0. The first-order valence-corrected chi connectivity index (χ1v) is 13.2. The number of aromatic nitrogens is 2. The van der Waals surface area contributed by atoms with Gasteiger partial charge >= 0.3 is 19.4 Å². The molecule has 1 aliphatic rings. The van der Waals surface area contributed by atoms with Crippen molar-refractivity contribution in [2.45, 2.75) is 63.2 Å². The highest BCUT2D eigenvalue weighted by atomic mass is 35.5. The van der Waals surface area contributed by atoms with E-state index in [9.17, 15) is 28.4 Å². The average molecular weight is 564 g/mol. The lowest BCUT2D eigenvalue weighted by molar-refractivity contribution is -0.149. The standard InChI is InChI=1S/C22H28ClFN3O9P/c1-12(2)33-19(30)13(3)26-37(32,35-14-8-6-5-7-9-14)36-17-16(11-28)34-20(22(17,4)23)27-10-15(24)18(29)25-21(27)31/h5-10,12-13,16-17,20,28H,11H2,1-4H3,(H,26,32)(H,25,29,31)/t13-,16+,17+,20+,22+,37?/m0/s1. The van der Waals surface area contributed by atoms with Crippen molar-refractivity contribution in [2.24, 2.45) is 0 Å². The molecule has 1 fully saturated rings. The molecule has 0 aliphatic carbocycles. The van der Waals surface area contributed by atoms with Crippen LogP contribution in [0.5, 0.6) is 5.75 Å². The molecule has 37 heavy (non-hydrogen) atoms. The SMILES string of the molecule is CC(C)OC(=O)[C@H](C)NP(=O)(Oc1ccccc1)O[C@@H]1[C@@H](CO)O[C@@H](n2cc(F)c(=O)[nH]c2=O)[C@]1(C)Cl. The molecule has 0 spiro atoms. The van der Waals surface area contributed by atoms with Crippen LogP contribution in [0.4, 0.5) is 4.39 Å². The number of aliphatic hydroxyl groups excluding tert-OH is 1. The second-order valence-electron chi connectivity index (χ2n) is 8.77. The monoisotopic (exact) mass is 563 g/mol. The molecule has 3 N–H and O–H groups in total. The summed E-state index contributed by atoms with van der Waals surface area (Å²) in [6.45, 7) is 5.31. The highest BCUT2D eigenvalue weighted by Gasteiger charge is 2.57. The summed E-state index contributed by atoms with van der Waals surface area (Å²) < 4.78 is 50.9. The summed E-state index contributed by atoms with van der Waals surface area (Å²) >= 11 is 6.72. The Morgan fingerprint density at radius 2 is 1.97 bits per heavy atom. The van der Waals surface area contributed by atoms with E-state index in [-0.39, 0.29) is 5.75 Å². The molecule has 1 unspecified atom stereocenters. The lowest BCUT2D eigenvalue weighted by Gasteiger charge is -2.32. The fraction of sp³-hybridized carbons (Fsp3) is 0.500. The molecule has 0 saturated carbocycles. The molecule has 1 aromatic carbocycles. The smallest absolute Gasteiger partial charge is 0.459 e. The van der Waals surface area contributed by atoms with Gasteiger partial charge in [-0.15, -0.1) is 11.6 Å². The van der Waals surface area contributed by atoms with Crippen molar-refractivity contribution in [1.29, 1.82) is 0 Å². The second-order valence-corrected chi connectivity index (χ2v) is 11.2. The highest BCUT2D eigenvalue weighted by Crippen LogP contribution is 2.53. The summed E-state index contributed by atoms with van der Waals surface area (Å²) in [6, 6.07) is 6.75. The molecular weight excluding hydrogens is 536 g/mol. The molecule has 0 amide bonds. The maximum atomic E-state index is 14.0. The fourth-order valence-corrected chi connectivity index (χ4v) is 5.82. The molecular formula is C22H28ClFN3O9P. The van der Waals surface area contributed by atoms with Crippen LogP contribution in [0, 0.1) is 5.82 Å². The Balaban J connectivity index is 1.97. The minimum atomic E-state index is -4.47. The van der Waals surface area contributed by atoms with Crippen molar-refractivity contribution in [3.63, 3.8) is 0 Å². The number of hydrogen-bond acceptors (Lipinski definition) is 9. The number of aliphatic hydroxyl groups is 1. The number of nitrogens with zero attached hydrogens (tertiary/aromatic N) is 1. The number of ether oxygens (including phenoxy) is 2. The molecule has 15 heteroatoms. The number of rotatable bonds is 10. The molecule has 3 rings (SSSR count). The predicted molar refractivity (Wildman–Crippen MR) is 130 cm³/mol. The third-order valence-electron chi connectivity index (χ3n) is 5.32. The summed E-state index contributed by atoms with van der Waals surface area (Å²) in [4.78, 5) is 36.2. The lowest BCUT2D eigenvalue weighted by Crippen LogP contribution is -2.46. The van der Waals surface area contributed by atoms with Gasteiger partial charge in [0.05, 0.1) is 18.9 Å². The van der Waals surface area contributed by atoms with Crippen molar-refractivity contribution in [3.8, 4) is 5.75 Å². The number of benzene rings is 1. The maximum Gasteiger partial charge on any atom is 0.459 e. The zero-order valence-corrected chi connectivity index (χ0v) is 22.1. The van der Waals surface area contributed by atoms with Gasteiger partial charge in [-0.1, -0.05) is 18.2 Å². The summed E-state index contributed by atoms with van der Waals surface area (Å²) in [5.41, 5.74) is -2.28. The van der Waals surface area contributed by atoms with Crippen LogP contribution in [0.2, 0.25) is 0 Å². The summed E-state index contributed by atoms with van der Waals surface area (Å²) in [7, 11) is -4.47. The van der Waals surface area contributed by atoms with Crippen LogP contribution in [-0.2, 0) is 23.4 Å². The number of nitrogens with one attached hydrogen (secondary N) is 2. The van der Waals surface area contributed by atoms with Crippen molar-refractivity contribution >= 4 is 25.3 Å². The Labute approximate surface area is 216 Å². The molecule has 12 nitrogen and oxygen atoms in total. The van der Waals surface area contributed by atoms with Gasteiger partial charge in [-0.25, -0.2) is 9.36 Å². The Bertz CT molecular complexity index is 1270.